The Bertz CT molecular complexity index is 999. The molecule has 3 fully saturated rings. The second-order valence-electron chi connectivity index (χ2n) is 9.80. The summed E-state index contributed by atoms with van der Waals surface area (Å²) in [5, 5.41) is 12.6. The molecule has 0 spiro atoms. The molecule has 7 heteroatoms. The van der Waals surface area contributed by atoms with Gasteiger partial charge in [-0.3, -0.25) is 0 Å². The van der Waals surface area contributed by atoms with Gasteiger partial charge in [-0.25, -0.2) is 9.97 Å². The maximum absolute atomic E-state index is 9.24. The van der Waals surface area contributed by atoms with Gasteiger partial charge in [0.15, 0.2) is 0 Å². The zero-order valence-corrected chi connectivity index (χ0v) is 19.5. The topological polar surface area (TPSA) is 77.3 Å². The molecule has 5 rings (SSSR count). The fourth-order valence-electron chi connectivity index (χ4n) is 5.52. The van der Waals surface area contributed by atoms with E-state index < -0.39 is 0 Å². The van der Waals surface area contributed by atoms with Gasteiger partial charge in [0.25, 0.3) is 0 Å². The molecule has 0 aliphatic carbocycles. The fraction of sp³-hybridized carbons (Fsp3) is 0.577. The minimum absolute atomic E-state index is 0.509. The normalized spacial score (nSPS) is 24.2. The van der Waals surface area contributed by atoms with Crippen molar-refractivity contribution in [3.05, 3.63) is 41.6 Å². The number of pyridine rings is 2. The number of aromatic nitrogens is 2. The molecule has 2 unspecified atom stereocenters. The predicted molar refractivity (Wildman–Crippen MR) is 130 cm³/mol. The van der Waals surface area contributed by atoms with Crippen LogP contribution in [0.4, 0.5) is 17.5 Å². The highest BCUT2D eigenvalue weighted by molar-refractivity contribution is 5.59. The third kappa shape index (κ3) is 5.29. The van der Waals surface area contributed by atoms with Crippen LogP contribution in [0.2, 0.25) is 0 Å². The largest absolute Gasteiger partial charge is 0.381 e. The van der Waals surface area contributed by atoms with Crippen molar-refractivity contribution >= 4 is 17.5 Å². The van der Waals surface area contributed by atoms with E-state index in [-0.39, 0.29) is 0 Å². The molecule has 2 aromatic heterocycles. The van der Waals surface area contributed by atoms with Gasteiger partial charge in [-0.15, -0.1) is 0 Å². The predicted octanol–water partition coefficient (Wildman–Crippen LogP) is 4.30. The Morgan fingerprint density at radius 3 is 2.79 bits per heavy atom. The van der Waals surface area contributed by atoms with Crippen molar-refractivity contribution in [3.63, 3.8) is 0 Å². The molecule has 0 bridgehead atoms. The quantitative estimate of drug-likeness (QED) is 0.709. The average Bonchev–Trinajstić information content (AvgIpc) is 3.49. The van der Waals surface area contributed by atoms with Gasteiger partial charge in [0, 0.05) is 45.1 Å². The van der Waals surface area contributed by atoms with E-state index >= 15 is 0 Å². The van der Waals surface area contributed by atoms with Gasteiger partial charge in [0.1, 0.15) is 17.5 Å². The van der Waals surface area contributed by atoms with Crippen LogP contribution in [-0.4, -0.2) is 60.3 Å². The molecule has 5 heterocycles. The number of rotatable bonds is 6. The first kappa shape index (κ1) is 22.1. The van der Waals surface area contributed by atoms with Crippen LogP contribution in [0.1, 0.15) is 56.1 Å². The molecule has 2 atom stereocenters. The number of ether oxygens (including phenoxy) is 1. The number of hydrogen-bond acceptors (Lipinski definition) is 7. The zero-order valence-electron chi connectivity index (χ0n) is 19.5. The van der Waals surface area contributed by atoms with E-state index in [1.54, 1.807) is 18.3 Å². The standard InChI is InChI=1S/C26H34N6O/c1-19-3-2-9-32(19)26-15-23(14-25(30-26)29-24-13-21(16-27)4-8-28-24)22-5-10-31(18-22)17-20-6-11-33-12-7-20/h4,8,13-15,19-20,22H,2-3,5-7,9-12,17-18H2,1H3,(H,28,29,30). The van der Waals surface area contributed by atoms with E-state index in [4.69, 9.17) is 9.72 Å². The summed E-state index contributed by atoms with van der Waals surface area (Å²) in [6.45, 7) is 8.64. The highest BCUT2D eigenvalue weighted by Crippen LogP contribution is 2.34. The molecular formula is C26H34N6O. The Kier molecular flexibility index (Phi) is 6.75. The summed E-state index contributed by atoms with van der Waals surface area (Å²) in [5.41, 5.74) is 1.95. The molecule has 3 aliphatic rings. The van der Waals surface area contributed by atoms with E-state index in [1.807, 2.05) is 0 Å². The van der Waals surface area contributed by atoms with Crippen LogP contribution >= 0.6 is 0 Å². The maximum Gasteiger partial charge on any atom is 0.134 e. The van der Waals surface area contributed by atoms with Crippen molar-refractivity contribution in [2.75, 3.05) is 49.6 Å². The number of anilines is 3. The second-order valence-corrected chi connectivity index (χ2v) is 9.80. The van der Waals surface area contributed by atoms with Crippen molar-refractivity contribution in [3.8, 4) is 6.07 Å². The van der Waals surface area contributed by atoms with E-state index in [0.29, 0.717) is 23.3 Å². The Morgan fingerprint density at radius 1 is 1.12 bits per heavy atom. The van der Waals surface area contributed by atoms with Crippen molar-refractivity contribution < 1.29 is 4.74 Å². The SMILES string of the molecule is CC1CCCN1c1cc(C2CCN(CC3CCOCC3)C2)cc(Nc2cc(C#N)ccn2)n1. The van der Waals surface area contributed by atoms with Crippen LogP contribution in [0.25, 0.3) is 0 Å². The van der Waals surface area contributed by atoms with Crippen LogP contribution < -0.4 is 10.2 Å². The summed E-state index contributed by atoms with van der Waals surface area (Å²) < 4.78 is 5.54. The molecule has 0 amide bonds. The molecule has 7 nitrogen and oxygen atoms in total. The van der Waals surface area contributed by atoms with E-state index in [0.717, 1.165) is 50.4 Å². The first-order valence-corrected chi connectivity index (χ1v) is 12.4. The highest BCUT2D eigenvalue weighted by atomic mass is 16.5. The maximum atomic E-state index is 9.24. The molecule has 0 aromatic carbocycles. The highest BCUT2D eigenvalue weighted by Gasteiger charge is 2.29. The van der Waals surface area contributed by atoms with Crippen LogP contribution in [-0.2, 0) is 4.74 Å². The van der Waals surface area contributed by atoms with Gasteiger partial charge >= 0.3 is 0 Å². The summed E-state index contributed by atoms with van der Waals surface area (Å²) in [6.07, 6.45) is 7.66. The van der Waals surface area contributed by atoms with Crippen molar-refractivity contribution in [2.24, 2.45) is 5.92 Å². The van der Waals surface area contributed by atoms with E-state index in [1.165, 1.54) is 44.2 Å². The van der Waals surface area contributed by atoms with Crippen molar-refractivity contribution in [1.82, 2.24) is 14.9 Å². The lowest BCUT2D eigenvalue weighted by molar-refractivity contribution is 0.0553. The van der Waals surface area contributed by atoms with E-state index in [2.05, 4.69) is 45.2 Å². The smallest absolute Gasteiger partial charge is 0.134 e. The first-order chi connectivity index (χ1) is 16.2. The number of nitrogens with one attached hydrogen (secondary N) is 1. The molecule has 3 aliphatic heterocycles. The number of hydrogen-bond donors (Lipinski definition) is 1. The lowest BCUT2D eigenvalue weighted by Gasteiger charge is -2.27. The van der Waals surface area contributed by atoms with Crippen LogP contribution in [0.3, 0.4) is 0 Å². The molecule has 1 N–H and O–H groups in total. The number of nitrogens with zero attached hydrogens (tertiary/aromatic N) is 5. The Hall–Kier alpha value is -2.69. The van der Waals surface area contributed by atoms with Gasteiger partial charge in [0.05, 0.1) is 11.6 Å². The van der Waals surface area contributed by atoms with Gasteiger partial charge in [-0.2, -0.15) is 5.26 Å². The fourth-order valence-corrected chi connectivity index (χ4v) is 5.52. The minimum atomic E-state index is 0.509. The monoisotopic (exact) mass is 446 g/mol. The Labute approximate surface area is 196 Å². The zero-order chi connectivity index (χ0) is 22.6. The summed E-state index contributed by atoms with van der Waals surface area (Å²) >= 11 is 0. The summed E-state index contributed by atoms with van der Waals surface area (Å²) in [5.74, 6) is 3.81. The van der Waals surface area contributed by atoms with Crippen LogP contribution in [0, 0.1) is 17.2 Å². The Morgan fingerprint density at radius 2 is 2.00 bits per heavy atom. The lowest BCUT2D eigenvalue weighted by Crippen LogP contribution is -2.31. The molecule has 2 aromatic rings. The van der Waals surface area contributed by atoms with Gasteiger partial charge in [-0.05, 0) is 87.2 Å². The summed E-state index contributed by atoms with van der Waals surface area (Å²) in [6, 6.07) is 10.7. The van der Waals surface area contributed by atoms with Crippen LogP contribution in [0.15, 0.2) is 30.5 Å². The van der Waals surface area contributed by atoms with Gasteiger partial charge in [0.2, 0.25) is 0 Å². The Balaban J connectivity index is 1.36. The molecule has 174 valence electrons. The molecule has 0 radical (unpaired) electrons. The molecule has 33 heavy (non-hydrogen) atoms. The average molecular weight is 447 g/mol. The first-order valence-electron chi connectivity index (χ1n) is 12.4. The molecule has 3 saturated heterocycles. The third-order valence-electron chi connectivity index (χ3n) is 7.43. The second kappa shape index (κ2) is 10.1. The van der Waals surface area contributed by atoms with Crippen LogP contribution in [0.5, 0.6) is 0 Å². The lowest BCUT2D eigenvalue weighted by atomic mass is 9.98. The summed E-state index contributed by atoms with van der Waals surface area (Å²) in [7, 11) is 0. The molecular weight excluding hydrogens is 412 g/mol. The third-order valence-corrected chi connectivity index (χ3v) is 7.43. The minimum Gasteiger partial charge on any atom is -0.381 e. The summed E-state index contributed by atoms with van der Waals surface area (Å²) in [4.78, 5) is 14.4. The van der Waals surface area contributed by atoms with Crippen molar-refractivity contribution in [2.45, 2.75) is 51.0 Å². The van der Waals surface area contributed by atoms with Crippen molar-refractivity contribution in [1.29, 1.82) is 5.26 Å². The number of nitriles is 1. The van der Waals surface area contributed by atoms with Gasteiger partial charge < -0.3 is 19.9 Å². The van der Waals surface area contributed by atoms with Gasteiger partial charge in [-0.1, -0.05) is 0 Å². The molecule has 0 saturated carbocycles. The van der Waals surface area contributed by atoms with E-state index in [9.17, 15) is 5.26 Å². The number of likely N-dealkylation sites (tertiary alicyclic amines) is 1.